The zero-order valence-corrected chi connectivity index (χ0v) is 14.0. The topological polar surface area (TPSA) is 29.1 Å². The summed E-state index contributed by atoms with van der Waals surface area (Å²) in [7, 11) is 0. The molecule has 1 aromatic rings. The van der Waals surface area contributed by atoms with Crippen molar-refractivity contribution in [1.82, 2.24) is 0 Å². The van der Waals surface area contributed by atoms with Crippen molar-refractivity contribution in [2.24, 2.45) is 0 Å². The highest BCUT2D eigenvalue weighted by Crippen LogP contribution is 2.18. The van der Waals surface area contributed by atoms with Crippen LogP contribution >= 0.6 is 15.9 Å². The Kier molecular flexibility index (Phi) is 9.38. The number of nitrogens with one attached hydrogen (secondary N) is 1. The molecule has 112 valence electrons. The molecule has 20 heavy (non-hydrogen) atoms. The van der Waals surface area contributed by atoms with Crippen molar-refractivity contribution in [3.05, 3.63) is 29.8 Å². The van der Waals surface area contributed by atoms with Crippen LogP contribution in [0.1, 0.15) is 63.9 Å². The lowest BCUT2D eigenvalue weighted by Crippen LogP contribution is -2.12. The van der Waals surface area contributed by atoms with E-state index >= 15 is 0 Å². The van der Waals surface area contributed by atoms with Crippen molar-refractivity contribution < 1.29 is 4.79 Å². The van der Waals surface area contributed by atoms with Crippen LogP contribution in [-0.4, -0.2) is 5.91 Å². The molecule has 0 heterocycles. The third kappa shape index (κ3) is 7.09. The van der Waals surface area contributed by atoms with Crippen LogP contribution in [0.3, 0.4) is 0 Å². The first kappa shape index (κ1) is 17.2. The Morgan fingerprint density at radius 1 is 1.05 bits per heavy atom. The van der Waals surface area contributed by atoms with Crippen LogP contribution in [0.5, 0.6) is 0 Å². The number of rotatable bonds is 10. The van der Waals surface area contributed by atoms with E-state index in [1.165, 1.54) is 32.1 Å². The minimum Gasteiger partial charge on any atom is -0.326 e. The van der Waals surface area contributed by atoms with E-state index in [0.717, 1.165) is 29.4 Å². The van der Waals surface area contributed by atoms with Crippen LogP contribution in [0.15, 0.2) is 24.3 Å². The first-order chi connectivity index (χ1) is 9.77. The molecule has 0 aromatic heterocycles. The predicted molar refractivity (Wildman–Crippen MR) is 90.3 cm³/mol. The Bertz CT molecular complexity index is 392. The summed E-state index contributed by atoms with van der Waals surface area (Å²) in [6, 6.07) is 7.93. The molecular weight excluding hydrogens is 314 g/mol. The summed E-state index contributed by atoms with van der Waals surface area (Å²) in [5.74, 6) is 0.131. The summed E-state index contributed by atoms with van der Waals surface area (Å²) >= 11 is 3.44. The molecule has 1 amide bonds. The van der Waals surface area contributed by atoms with Gasteiger partial charge < -0.3 is 5.32 Å². The zero-order valence-electron chi connectivity index (χ0n) is 12.5. The summed E-state index contributed by atoms with van der Waals surface area (Å²) in [5, 5.41) is 3.77. The van der Waals surface area contributed by atoms with Crippen LogP contribution in [0.25, 0.3) is 0 Å². The SMILES string of the molecule is CCCCCCCCCC(=O)Nc1ccccc1CBr. The normalized spacial score (nSPS) is 10.5. The van der Waals surface area contributed by atoms with E-state index in [-0.39, 0.29) is 5.91 Å². The smallest absolute Gasteiger partial charge is 0.224 e. The average Bonchev–Trinajstić information content (AvgIpc) is 2.47. The molecule has 0 atom stereocenters. The number of carbonyl (C=O) groups is 1. The first-order valence-corrected chi connectivity index (χ1v) is 8.83. The molecule has 0 aliphatic heterocycles. The Morgan fingerprint density at radius 2 is 1.70 bits per heavy atom. The fourth-order valence-corrected chi connectivity index (χ4v) is 2.70. The molecule has 0 unspecified atom stereocenters. The Morgan fingerprint density at radius 3 is 2.40 bits per heavy atom. The first-order valence-electron chi connectivity index (χ1n) is 7.71. The quantitative estimate of drug-likeness (QED) is 0.432. The number of para-hydroxylation sites is 1. The Hall–Kier alpha value is -0.830. The van der Waals surface area contributed by atoms with Gasteiger partial charge in [-0.05, 0) is 18.1 Å². The van der Waals surface area contributed by atoms with Gasteiger partial charge >= 0.3 is 0 Å². The van der Waals surface area contributed by atoms with Crippen molar-refractivity contribution in [2.45, 2.75) is 63.6 Å². The molecule has 0 fully saturated rings. The van der Waals surface area contributed by atoms with Crippen LogP contribution < -0.4 is 5.32 Å². The van der Waals surface area contributed by atoms with Gasteiger partial charge in [0.1, 0.15) is 0 Å². The van der Waals surface area contributed by atoms with Gasteiger partial charge in [-0.3, -0.25) is 4.79 Å². The van der Waals surface area contributed by atoms with Gasteiger partial charge in [0.15, 0.2) is 0 Å². The molecular formula is C17H26BrNO. The zero-order chi connectivity index (χ0) is 14.6. The van der Waals surface area contributed by atoms with Gasteiger partial charge in [0, 0.05) is 17.4 Å². The molecule has 1 rings (SSSR count). The maximum Gasteiger partial charge on any atom is 0.224 e. The molecule has 0 aliphatic carbocycles. The van der Waals surface area contributed by atoms with Crippen LogP contribution in [0.2, 0.25) is 0 Å². The van der Waals surface area contributed by atoms with Crippen LogP contribution in [0, 0.1) is 0 Å². The second kappa shape index (κ2) is 10.9. The monoisotopic (exact) mass is 339 g/mol. The number of amides is 1. The molecule has 0 aliphatic rings. The fourth-order valence-electron chi connectivity index (χ4n) is 2.21. The number of alkyl halides is 1. The lowest BCUT2D eigenvalue weighted by atomic mass is 10.1. The summed E-state index contributed by atoms with van der Waals surface area (Å²) in [6.45, 7) is 2.23. The summed E-state index contributed by atoms with van der Waals surface area (Å²) < 4.78 is 0. The second-order valence-electron chi connectivity index (χ2n) is 5.21. The Labute approximate surface area is 131 Å². The van der Waals surface area contributed by atoms with E-state index in [1.807, 2.05) is 24.3 Å². The summed E-state index contributed by atoms with van der Waals surface area (Å²) in [4.78, 5) is 11.9. The number of anilines is 1. The third-order valence-electron chi connectivity index (χ3n) is 3.44. The van der Waals surface area contributed by atoms with Gasteiger partial charge in [-0.15, -0.1) is 0 Å². The highest BCUT2D eigenvalue weighted by molar-refractivity contribution is 9.08. The number of halogens is 1. The van der Waals surface area contributed by atoms with Crippen molar-refractivity contribution in [2.75, 3.05) is 5.32 Å². The minimum absolute atomic E-state index is 0.131. The molecule has 0 saturated heterocycles. The fraction of sp³-hybridized carbons (Fsp3) is 0.588. The van der Waals surface area contributed by atoms with E-state index in [1.54, 1.807) is 0 Å². The lowest BCUT2D eigenvalue weighted by molar-refractivity contribution is -0.116. The van der Waals surface area contributed by atoms with Gasteiger partial charge in [-0.1, -0.05) is 79.6 Å². The van der Waals surface area contributed by atoms with Crippen molar-refractivity contribution in [3.8, 4) is 0 Å². The number of hydrogen-bond acceptors (Lipinski definition) is 1. The summed E-state index contributed by atoms with van der Waals surface area (Å²) in [6.07, 6.45) is 9.31. The second-order valence-corrected chi connectivity index (χ2v) is 5.77. The highest BCUT2D eigenvalue weighted by Gasteiger charge is 2.05. The predicted octanol–water partition coefficient (Wildman–Crippen LogP) is 5.66. The van der Waals surface area contributed by atoms with Crippen molar-refractivity contribution >= 4 is 27.5 Å². The molecule has 2 nitrogen and oxygen atoms in total. The van der Waals surface area contributed by atoms with Crippen molar-refractivity contribution in [3.63, 3.8) is 0 Å². The van der Waals surface area contributed by atoms with E-state index in [4.69, 9.17) is 0 Å². The van der Waals surface area contributed by atoms with Gasteiger partial charge in [0.05, 0.1) is 0 Å². The molecule has 0 spiro atoms. The number of benzene rings is 1. The van der Waals surface area contributed by atoms with Gasteiger partial charge in [-0.2, -0.15) is 0 Å². The van der Waals surface area contributed by atoms with Gasteiger partial charge in [-0.25, -0.2) is 0 Å². The largest absolute Gasteiger partial charge is 0.326 e. The van der Waals surface area contributed by atoms with Gasteiger partial charge in [0.2, 0.25) is 5.91 Å². The molecule has 1 N–H and O–H groups in total. The standard InChI is InChI=1S/C17H26BrNO/c1-2-3-4-5-6-7-8-13-17(20)19-16-12-10-9-11-15(16)14-18/h9-12H,2-8,13-14H2,1H3,(H,19,20). The molecule has 0 radical (unpaired) electrons. The van der Waals surface area contributed by atoms with Crippen LogP contribution in [0.4, 0.5) is 5.69 Å². The average molecular weight is 340 g/mol. The van der Waals surface area contributed by atoms with Crippen molar-refractivity contribution in [1.29, 1.82) is 0 Å². The van der Waals surface area contributed by atoms with Crippen LogP contribution in [-0.2, 0) is 10.1 Å². The third-order valence-corrected chi connectivity index (χ3v) is 4.05. The molecule has 3 heteroatoms. The maximum absolute atomic E-state index is 11.9. The molecule has 1 aromatic carbocycles. The maximum atomic E-state index is 11.9. The van der Waals surface area contributed by atoms with Gasteiger partial charge in [0.25, 0.3) is 0 Å². The number of hydrogen-bond donors (Lipinski definition) is 1. The lowest BCUT2D eigenvalue weighted by Gasteiger charge is -2.09. The summed E-state index contributed by atoms with van der Waals surface area (Å²) in [5.41, 5.74) is 2.05. The van der Waals surface area contributed by atoms with E-state index in [9.17, 15) is 4.79 Å². The Balaban J connectivity index is 2.17. The van der Waals surface area contributed by atoms with E-state index < -0.39 is 0 Å². The molecule has 0 bridgehead atoms. The highest BCUT2D eigenvalue weighted by atomic mass is 79.9. The van der Waals surface area contributed by atoms with E-state index in [0.29, 0.717) is 6.42 Å². The minimum atomic E-state index is 0.131. The number of carbonyl (C=O) groups excluding carboxylic acids is 1. The van der Waals surface area contributed by atoms with E-state index in [2.05, 4.69) is 28.2 Å². The molecule has 0 saturated carbocycles. The number of unbranched alkanes of at least 4 members (excludes halogenated alkanes) is 6.